The number of anilines is 1. The Hall–Kier alpha value is -1.99. The third kappa shape index (κ3) is 2.82. The zero-order valence-electron chi connectivity index (χ0n) is 11.6. The van der Waals surface area contributed by atoms with Gasteiger partial charge in [0.1, 0.15) is 4.60 Å². The minimum Gasteiger partial charge on any atom is -0.262 e. The van der Waals surface area contributed by atoms with E-state index in [1.807, 2.05) is 24.3 Å². The minimum absolute atomic E-state index is 0.217. The van der Waals surface area contributed by atoms with E-state index in [9.17, 15) is 8.42 Å². The molecule has 0 radical (unpaired) electrons. The van der Waals surface area contributed by atoms with Crippen LogP contribution < -0.4 is 4.72 Å². The van der Waals surface area contributed by atoms with Crippen LogP contribution in [0.15, 0.2) is 58.2 Å². The Balaban J connectivity index is 2.09. The SMILES string of the molecule is Cc1nc(Br)cnc1NS(=O)(=O)c1cccc2ccccc12. The number of rotatable bonds is 3. The molecule has 0 spiro atoms. The summed E-state index contributed by atoms with van der Waals surface area (Å²) in [6.07, 6.45) is 1.45. The maximum absolute atomic E-state index is 12.7. The van der Waals surface area contributed by atoms with Gasteiger partial charge in [0, 0.05) is 5.39 Å². The Morgan fingerprint density at radius 1 is 1.09 bits per heavy atom. The van der Waals surface area contributed by atoms with Gasteiger partial charge in [0.15, 0.2) is 5.82 Å². The molecule has 0 aliphatic heterocycles. The Bertz CT molecular complexity index is 953. The van der Waals surface area contributed by atoms with Crippen molar-refractivity contribution in [2.24, 2.45) is 0 Å². The number of aryl methyl sites for hydroxylation is 1. The first-order chi connectivity index (χ1) is 10.5. The number of benzene rings is 2. The number of hydrogen-bond acceptors (Lipinski definition) is 4. The zero-order valence-corrected chi connectivity index (χ0v) is 14.0. The van der Waals surface area contributed by atoms with E-state index in [-0.39, 0.29) is 10.7 Å². The summed E-state index contributed by atoms with van der Waals surface area (Å²) in [4.78, 5) is 8.43. The summed E-state index contributed by atoms with van der Waals surface area (Å²) in [6, 6.07) is 12.5. The Labute approximate surface area is 136 Å². The highest BCUT2D eigenvalue weighted by Gasteiger charge is 2.19. The van der Waals surface area contributed by atoms with Gasteiger partial charge in [-0.1, -0.05) is 36.4 Å². The Morgan fingerprint density at radius 3 is 2.59 bits per heavy atom. The van der Waals surface area contributed by atoms with Gasteiger partial charge in [-0.2, -0.15) is 0 Å². The number of fused-ring (bicyclic) bond motifs is 1. The molecule has 1 N–H and O–H groups in total. The molecule has 1 aromatic heterocycles. The van der Waals surface area contributed by atoms with Gasteiger partial charge in [-0.3, -0.25) is 4.72 Å². The van der Waals surface area contributed by atoms with Gasteiger partial charge in [0.25, 0.3) is 10.0 Å². The van der Waals surface area contributed by atoms with Crippen LogP contribution in [0.2, 0.25) is 0 Å². The molecule has 0 atom stereocenters. The van der Waals surface area contributed by atoms with Crippen molar-refractivity contribution in [1.82, 2.24) is 9.97 Å². The molecule has 2 aromatic carbocycles. The quantitative estimate of drug-likeness (QED) is 0.757. The fraction of sp³-hybridized carbons (Fsp3) is 0.0667. The van der Waals surface area contributed by atoms with Crippen LogP contribution in [0.1, 0.15) is 5.69 Å². The maximum atomic E-state index is 12.7. The van der Waals surface area contributed by atoms with Crippen molar-refractivity contribution >= 4 is 42.5 Å². The molecule has 0 amide bonds. The zero-order chi connectivity index (χ0) is 15.7. The molecule has 3 rings (SSSR count). The molecule has 0 aliphatic rings. The molecule has 0 unspecified atom stereocenters. The van der Waals surface area contributed by atoms with Crippen LogP contribution in [0.4, 0.5) is 5.82 Å². The average molecular weight is 378 g/mol. The fourth-order valence-corrected chi connectivity index (χ4v) is 3.83. The second-order valence-corrected chi connectivity index (χ2v) is 7.17. The molecule has 0 saturated heterocycles. The molecule has 0 aliphatic carbocycles. The largest absolute Gasteiger partial charge is 0.263 e. The maximum Gasteiger partial charge on any atom is 0.263 e. The van der Waals surface area contributed by atoms with E-state index in [0.29, 0.717) is 15.7 Å². The Morgan fingerprint density at radius 2 is 1.82 bits per heavy atom. The van der Waals surface area contributed by atoms with E-state index < -0.39 is 10.0 Å². The molecular formula is C15H12BrN3O2S. The van der Waals surface area contributed by atoms with Gasteiger partial charge in [0.05, 0.1) is 16.8 Å². The van der Waals surface area contributed by atoms with Crippen molar-refractivity contribution < 1.29 is 8.42 Å². The van der Waals surface area contributed by atoms with Crippen molar-refractivity contribution in [3.63, 3.8) is 0 Å². The topological polar surface area (TPSA) is 72.0 Å². The molecule has 22 heavy (non-hydrogen) atoms. The van der Waals surface area contributed by atoms with E-state index in [1.54, 1.807) is 25.1 Å². The molecule has 0 bridgehead atoms. The fourth-order valence-electron chi connectivity index (χ4n) is 2.17. The van der Waals surface area contributed by atoms with Crippen LogP contribution in [0.5, 0.6) is 0 Å². The van der Waals surface area contributed by atoms with Crippen LogP contribution in [0, 0.1) is 6.92 Å². The number of nitrogens with zero attached hydrogens (tertiary/aromatic N) is 2. The van der Waals surface area contributed by atoms with Crippen molar-refractivity contribution in [2.75, 3.05) is 4.72 Å². The summed E-state index contributed by atoms with van der Waals surface area (Å²) < 4.78 is 28.4. The summed E-state index contributed by atoms with van der Waals surface area (Å²) in [7, 11) is -3.74. The lowest BCUT2D eigenvalue weighted by Gasteiger charge is -2.11. The number of hydrogen-bond donors (Lipinski definition) is 1. The average Bonchev–Trinajstić information content (AvgIpc) is 2.49. The Kier molecular flexibility index (Phi) is 3.84. The standard InChI is InChI=1S/C15H12BrN3O2S/c1-10-15(17-9-14(16)18-10)19-22(20,21)13-8-4-6-11-5-2-3-7-12(11)13/h2-9H,1H3,(H,17,19). The van der Waals surface area contributed by atoms with Crippen molar-refractivity contribution in [3.05, 3.63) is 59.0 Å². The number of nitrogens with one attached hydrogen (secondary N) is 1. The lowest BCUT2D eigenvalue weighted by atomic mass is 10.1. The third-order valence-corrected chi connectivity index (χ3v) is 4.97. The van der Waals surface area contributed by atoms with Crippen molar-refractivity contribution in [1.29, 1.82) is 0 Å². The highest BCUT2D eigenvalue weighted by Crippen LogP contribution is 2.25. The van der Waals surface area contributed by atoms with Gasteiger partial charge in [0.2, 0.25) is 0 Å². The van der Waals surface area contributed by atoms with Gasteiger partial charge < -0.3 is 0 Å². The van der Waals surface area contributed by atoms with Gasteiger partial charge >= 0.3 is 0 Å². The summed E-state index contributed by atoms with van der Waals surface area (Å²) in [6.45, 7) is 1.69. The molecule has 112 valence electrons. The molecule has 0 saturated carbocycles. The smallest absolute Gasteiger partial charge is 0.262 e. The summed E-state index contributed by atoms with van der Waals surface area (Å²) in [5.74, 6) is 0.219. The highest BCUT2D eigenvalue weighted by atomic mass is 79.9. The van der Waals surface area contributed by atoms with Crippen molar-refractivity contribution in [3.8, 4) is 0 Å². The lowest BCUT2D eigenvalue weighted by molar-refractivity contribution is 0.601. The molecule has 3 aromatic rings. The number of sulfonamides is 1. The van der Waals surface area contributed by atoms with Crippen LogP contribution in [-0.2, 0) is 10.0 Å². The molecule has 7 heteroatoms. The van der Waals surface area contributed by atoms with E-state index in [0.717, 1.165) is 5.39 Å². The second kappa shape index (κ2) is 5.66. The van der Waals surface area contributed by atoms with Crippen LogP contribution in [0.3, 0.4) is 0 Å². The normalized spacial score (nSPS) is 11.5. The van der Waals surface area contributed by atoms with Gasteiger partial charge in [-0.15, -0.1) is 0 Å². The monoisotopic (exact) mass is 377 g/mol. The molecule has 0 fully saturated rings. The molecular weight excluding hydrogens is 366 g/mol. The van der Waals surface area contributed by atoms with E-state index in [4.69, 9.17) is 0 Å². The van der Waals surface area contributed by atoms with E-state index >= 15 is 0 Å². The lowest BCUT2D eigenvalue weighted by Crippen LogP contribution is -2.15. The summed E-state index contributed by atoms with van der Waals surface area (Å²) in [5.41, 5.74) is 0.498. The highest BCUT2D eigenvalue weighted by molar-refractivity contribution is 9.10. The van der Waals surface area contributed by atoms with Crippen LogP contribution in [0.25, 0.3) is 10.8 Å². The third-order valence-electron chi connectivity index (χ3n) is 3.19. The van der Waals surface area contributed by atoms with E-state index in [1.165, 1.54) is 6.20 Å². The van der Waals surface area contributed by atoms with Crippen LogP contribution in [-0.4, -0.2) is 18.4 Å². The van der Waals surface area contributed by atoms with E-state index in [2.05, 4.69) is 30.6 Å². The first-order valence-corrected chi connectivity index (χ1v) is 8.75. The number of aromatic nitrogens is 2. The molecule has 1 heterocycles. The van der Waals surface area contributed by atoms with Crippen LogP contribution >= 0.6 is 15.9 Å². The van der Waals surface area contributed by atoms with Crippen molar-refractivity contribution in [2.45, 2.75) is 11.8 Å². The minimum atomic E-state index is -3.74. The van der Waals surface area contributed by atoms with Gasteiger partial charge in [-0.05, 0) is 34.3 Å². The first kappa shape index (κ1) is 14.9. The summed E-state index contributed by atoms with van der Waals surface area (Å²) in [5, 5.41) is 1.53. The summed E-state index contributed by atoms with van der Waals surface area (Å²) >= 11 is 3.20. The first-order valence-electron chi connectivity index (χ1n) is 6.47. The molecule has 5 nitrogen and oxygen atoms in total. The number of halogens is 1. The second-order valence-electron chi connectivity index (χ2n) is 4.71. The predicted octanol–water partition coefficient (Wildman–Crippen LogP) is 3.50. The predicted molar refractivity (Wildman–Crippen MR) is 89.2 cm³/mol. The van der Waals surface area contributed by atoms with Gasteiger partial charge in [-0.25, -0.2) is 18.4 Å².